The number of carboxylic acid groups (broad SMARTS) is 1. The van der Waals surface area contributed by atoms with E-state index in [4.69, 9.17) is 15.2 Å². The number of benzene rings is 2. The normalized spacial score (nSPS) is 11.3. The van der Waals surface area contributed by atoms with E-state index in [1.807, 2.05) is 30.3 Å². The minimum atomic E-state index is -1.12. The Morgan fingerprint density at radius 3 is 2.06 bits per heavy atom. The third kappa shape index (κ3) is 10.7. The molecule has 4 N–H and O–H groups in total. The molecule has 3 aromatic rings. The zero-order chi connectivity index (χ0) is 26.6. The van der Waals surface area contributed by atoms with Gasteiger partial charge in [0.05, 0.1) is 0 Å². The molecule has 2 aromatic carbocycles. The molecule has 0 saturated heterocycles. The van der Waals surface area contributed by atoms with Gasteiger partial charge in [-0.2, -0.15) is 0 Å². The highest BCUT2D eigenvalue weighted by atomic mass is 16.6. The van der Waals surface area contributed by atoms with E-state index in [1.165, 1.54) is 12.4 Å². The first-order valence-corrected chi connectivity index (χ1v) is 11.2. The molecule has 1 heterocycles. The van der Waals surface area contributed by atoms with Gasteiger partial charge in [0, 0.05) is 24.4 Å². The Bertz CT molecular complexity index is 1110. The largest absolute Gasteiger partial charge is 0.489 e. The molecule has 0 radical (unpaired) electrons. The quantitative estimate of drug-likeness (QED) is 0.431. The minimum Gasteiger partial charge on any atom is -0.489 e. The van der Waals surface area contributed by atoms with Crippen molar-refractivity contribution in [1.82, 2.24) is 10.3 Å². The summed E-state index contributed by atoms with van der Waals surface area (Å²) in [5.74, 6) is -0.850. The van der Waals surface area contributed by atoms with Crippen LogP contribution in [0, 0.1) is 0 Å². The molecule has 36 heavy (non-hydrogen) atoms. The van der Waals surface area contributed by atoms with Crippen LogP contribution in [0.3, 0.4) is 0 Å². The summed E-state index contributed by atoms with van der Waals surface area (Å²) in [4.78, 5) is 37.4. The number of primary amides is 1. The van der Waals surface area contributed by atoms with Gasteiger partial charge in [-0.3, -0.25) is 9.78 Å². The number of aromatic nitrogens is 1. The second kappa shape index (κ2) is 13.5. The molecular formula is C27H31N3O6. The van der Waals surface area contributed by atoms with E-state index in [1.54, 1.807) is 57.2 Å². The van der Waals surface area contributed by atoms with Gasteiger partial charge in [0.15, 0.2) is 0 Å². The van der Waals surface area contributed by atoms with Gasteiger partial charge >= 0.3 is 12.1 Å². The van der Waals surface area contributed by atoms with Crippen LogP contribution in [0.5, 0.6) is 5.75 Å². The maximum Gasteiger partial charge on any atom is 0.408 e. The number of ether oxygens (including phenoxy) is 2. The van der Waals surface area contributed by atoms with Gasteiger partial charge in [-0.05, 0) is 56.2 Å². The first-order valence-electron chi connectivity index (χ1n) is 11.2. The molecule has 3 rings (SSSR count). The smallest absolute Gasteiger partial charge is 0.408 e. The van der Waals surface area contributed by atoms with Crippen molar-refractivity contribution < 1.29 is 29.0 Å². The van der Waals surface area contributed by atoms with Crippen LogP contribution in [0.1, 0.15) is 42.3 Å². The molecule has 9 heteroatoms. The van der Waals surface area contributed by atoms with E-state index >= 15 is 0 Å². The van der Waals surface area contributed by atoms with Crippen LogP contribution in [-0.4, -0.2) is 39.7 Å². The maximum atomic E-state index is 11.8. The number of nitrogens with zero attached hydrogens (tertiary/aromatic N) is 1. The summed E-state index contributed by atoms with van der Waals surface area (Å²) in [5, 5.41) is 11.7. The lowest BCUT2D eigenvalue weighted by Gasteiger charge is -2.22. The predicted molar refractivity (Wildman–Crippen MR) is 134 cm³/mol. The fourth-order valence-electron chi connectivity index (χ4n) is 2.86. The summed E-state index contributed by atoms with van der Waals surface area (Å²) in [7, 11) is 0. The number of alkyl carbamates (subject to hydrolysis) is 1. The molecule has 0 aliphatic carbocycles. The summed E-state index contributed by atoms with van der Waals surface area (Å²) in [6, 6.07) is 19.0. The van der Waals surface area contributed by atoms with Crippen molar-refractivity contribution in [1.29, 1.82) is 0 Å². The van der Waals surface area contributed by atoms with Crippen LogP contribution in [0.2, 0.25) is 0 Å². The number of carbonyl (C=O) groups is 3. The number of hydrogen-bond acceptors (Lipinski definition) is 6. The van der Waals surface area contributed by atoms with Gasteiger partial charge in [-0.15, -0.1) is 0 Å². The standard InChI is InChI=1S/C21H25NO5.C6H6N2O/c1-21(2,3)27-20(25)22-18(19(23)24)13-15-9-11-17(12-10-15)26-14-16-7-5-4-6-8-16;7-6(9)5-1-3-8-4-2-5/h4-12,18H,13-14H2,1-3H3,(H,22,25)(H,23,24);1-4H,(H2,7,9)/t18-;/m0./s1. The van der Waals surface area contributed by atoms with Gasteiger partial charge in [-0.1, -0.05) is 42.5 Å². The number of carbonyl (C=O) groups excluding carboxylic acids is 2. The molecule has 2 amide bonds. The average Bonchev–Trinajstić information content (AvgIpc) is 2.83. The van der Waals surface area contributed by atoms with Crippen molar-refractivity contribution in [3.63, 3.8) is 0 Å². The number of rotatable bonds is 8. The number of nitrogens with one attached hydrogen (secondary N) is 1. The molecule has 0 bridgehead atoms. The van der Waals surface area contributed by atoms with Crippen LogP contribution in [0.15, 0.2) is 79.1 Å². The molecule has 0 saturated carbocycles. The Balaban J connectivity index is 0.000000425. The number of amides is 2. The molecular weight excluding hydrogens is 462 g/mol. The topological polar surface area (TPSA) is 141 Å². The number of carboxylic acids is 1. The van der Waals surface area contributed by atoms with E-state index in [0.717, 1.165) is 11.1 Å². The minimum absolute atomic E-state index is 0.146. The van der Waals surface area contributed by atoms with Crippen molar-refractivity contribution in [3.05, 3.63) is 95.8 Å². The monoisotopic (exact) mass is 493 g/mol. The number of hydrogen-bond donors (Lipinski definition) is 3. The van der Waals surface area contributed by atoms with E-state index < -0.39 is 29.6 Å². The fourth-order valence-corrected chi connectivity index (χ4v) is 2.86. The highest BCUT2D eigenvalue weighted by Crippen LogP contribution is 2.16. The second-order valence-electron chi connectivity index (χ2n) is 8.76. The molecule has 0 aliphatic heterocycles. The summed E-state index contributed by atoms with van der Waals surface area (Å²) in [6.45, 7) is 5.61. The average molecular weight is 494 g/mol. The Morgan fingerprint density at radius 1 is 0.944 bits per heavy atom. The van der Waals surface area contributed by atoms with Crippen LogP contribution < -0.4 is 15.8 Å². The van der Waals surface area contributed by atoms with Crippen LogP contribution >= 0.6 is 0 Å². The SMILES string of the molecule is CC(C)(C)OC(=O)N[C@@H](Cc1ccc(OCc2ccccc2)cc1)C(=O)O.NC(=O)c1ccncc1. The van der Waals surface area contributed by atoms with E-state index in [-0.39, 0.29) is 6.42 Å². The molecule has 1 atom stereocenters. The molecule has 9 nitrogen and oxygen atoms in total. The van der Waals surface area contributed by atoms with E-state index in [2.05, 4.69) is 10.3 Å². The van der Waals surface area contributed by atoms with Gasteiger partial charge in [-0.25, -0.2) is 9.59 Å². The van der Waals surface area contributed by atoms with Gasteiger partial charge in [0.2, 0.25) is 5.91 Å². The van der Waals surface area contributed by atoms with Crippen molar-refractivity contribution in [3.8, 4) is 5.75 Å². The van der Waals surface area contributed by atoms with Gasteiger partial charge in [0.1, 0.15) is 24.0 Å². The third-order valence-electron chi connectivity index (χ3n) is 4.57. The van der Waals surface area contributed by atoms with Crippen LogP contribution in [0.4, 0.5) is 4.79 Å². The summed E-state index contributed by atoms with van der Waals surface area (Å²) in [5.41, 5.74) is 6.58. The van der Waals surface area contributed by atoms with Crippen molar-refractivity contribution >= 4 is 18.0 Å². The number of nitrogens with two attached hydrogens (primary N) is 1. The Morgan fingerprint density at radius 2 is 1.56 bits per heavy atom. The Hall–Kier alpha value is -4.40. The fraction of sp³-hybridized carbons (Fsp3) is 0.259. The molecule has 0 aliphatic rings. The first-order chi connectivity index (χ1) is 17.0. The molecule has 0 fully saturated rings. The van der Waals surface area contributed by atoms with Crippen LogP contribution in [0.25, 0.3) is 0 Å². The van der Waals surface area contributed by atoms with Gasteiger partial charge < -0.3 is 25.6 Å². The van der Waals surface area contributed by atoms with Gasteiger partial charge in [0.25, 0.3) is 0 Å². The second-order valence-corrected chi connectivity index (χ2v) is 8.76. The maximum absolute atomic E-state index is 11.8. The third-order valence-corrected chi connectivity index (χ3v) is 4.57. The molecule has 0 spiro atoms. The summed E-state index contributed by atoms with van der Waals surface area (Å²) in [6.07, 6.45) is 2.45. The highest BCUT2D eigenvalue weighted by molar-refractivity contribution is 5.92. The Kier molecular flexibility index (Phi) is 10.4. The molecule has 0 unspecified atom stereocenters. The van der Waals surface area contributed by atoms with Crippen LogP contribution in [-0.2, 0) is 22.6 Å². The zero-order valence-corrected chi connectivity index (χ0v) is 20.5. The number of aliphatic carboxylic acids is 1. The first kappa shape index (κ1) is 27.8. The van der Waals surface area contributed by atoms with E-state index in [9.17, 15) is 19.5 Å². The molecule has 190 valence electrons. The van der Waals surface area contributed by atoms with E-state index in [0.29, 0.717) is 17.9 Å². The zero-order valence-electron chi connectivity index (χ0n) is 20.5. The predicted octanol–water partition coefficient (Wildman–Crippen LogP) is 3.97. The number of pyridine rings is 1. The lowest BCUT2D eigenvalue weighted by Crippen LogP contribution is -2.44. The summed E-state index contributed by atoms with van der Waals surface area (Å²) >= 11 is 0. The van der Waals surface area contributed by atoms with Crippen molar-refractivity contribution in [2.45, 2.75) is 45.4 Å². The molecule has 1 aromatic heterocycles. The Labute approximate surface area is 210 Å². The summed E-state index contributed by atoms with van der Waals surface area (Å²) < 4.78 is 10.8. The lowest BCUT2D eigenvalue weighted by atomic mass is 10.1. The highest BCUT2D eigenvalue weighted by Gasteiger charge is 2.24. The van der Waals surface area contributed by atoms with Crippen molar-refractivity contribution in [2.24, 2.45) is 5.73 Å². The van der Waals surface area contributed by atoms with Crippen molar-refractivity contribution in [2.75, 3.05) is 0 Å². The lowest BCUT2D eigenvalue weighted by molar-refractivity contribution is -0.139.